The lowest BCUT2D eigenvalue weighted by molar-refractivity contribution is 0.239. The lowest BCUT2D eigenvalue weighted by atomic mass is 9.68. The molecule has 2 rings (SSSR count). The van der Waals surface area contributed by atoms with Crippen LogP contribution in [0, 0.1) is 6.92 Å². The molecule has 0 aromatic carbocycles. The first-order valence-corrected chi connectivity index (χ1v) is 4.49. The Labute approximate surface area is 72.4 Å². The zero-order chi connectivity index (χ0) is 8.60. The fraction of sp³-hybridized carbons (Fsp3) is 0.667. The van der Waals surface area contributed by atoms with Crippen LogP contribution in [0.25, 0.3) is 0 Å². The van der Waals surface area contributed by atoms with E-state index in [-0.39, 0.29) is 5.41 Å². The number of H-pyrrole nitrogens is 1. The second-order valence-electron chi connectivity index (χ2n) is 3.75. The average Bonchev–Trinajstić information content (AvgIpc) is 2.35. The number of nitrogens with one attached hydrogen (secondary N) is 1. The van der Waals surface area contributed by atoms with E-state index in [1.807, 2.05) is 13.1 Å². The van der Waals surface area contributed by atoms with Crippen molar-refractivity contribution in [3.05, 3.63) is 17.7 Å². The van der Waals surface area contributed by atoms with Crippen molar-refractivity contribution in [3.63, 3.8) is 0 Å². The van der Waals surface area contributed by atoms with Gasteiger partial charge in [0.1, 0.15) is 5.82 Å². The second kappa shape index (κ2) is 2.59. The summed E-state index contributed by atoms with van der Waals surface area (Å²) < 4.78 is 0. The highest BCUT2D eigenvalue weighted by Crippen LogP contribution is 2.41. The SMILES string of the molecule is Cc1cnc(C2(CN)CCC2)[nH]1. The number of nitrogens with two attached hydrogens (primary N) is 1. The van der Waals surface area contributed by atoms with Gasteiger partial charge in [0.2, 0.25) is 0 Å². The molecule has 1 heterocycles. The summed E-state index contributed by atoms with van der Waals surface area (Å²) in [6, 6.07) is 0. The summed E-state index contributed by atoms with van der Waals surface area (Å²) in [7, 11) is 0. The molecule has 3 nitrogen and oxygen atoms in total. The molecule has 0 bridgehead atoms. The van der Waals surface area contributed by atoms with Crippen LogP contribution in [0.2, 0.25) is 0 Å². The molecule has 1 aromatic rings. The van der Waals surface area contributed by atoms with Crippen LogP contribution in [0.3, 0.4) is 0 Å². The number of hydrogen-bond acceptors (Lipinski definition) is 2. The highest BCUT2D eigenvalue weighted by molar-refractivity contribution is 5.16. The number of nitrogens with zero attached hydrogens (tertiary/aromatic N) is 1. The van der Waals surface area contributed by atoms with Crippen molar-refractivity contribution < 1.29 is 0 Å². The van der Waals surface area contributed by atoms with Crippen LogP contribution >= 0.6 is 0 Å². The molecule has 66 valence electrons. The molecule has 1 aliphatic rings. The highest BCUT2D eigenvalue weighted by Gasteiger charge is 2.39. The van der Waals surface area contributed by atoms with Crippen LogP contribution in [0.15, 0.2) is 6.20 Å². The van der Waals surface area contributed by atoms with Crippen LogP contribution in [-0.2, 0) is 5.41 Å². The Balaban J connectivity index is 2.27. The molecule has 0 radical (unpaired) electrons. The van der Waals surface area contributed by atoms with E-state index in [0.29, 0.717) is 0 Å². The van der Waals surface area contributed by atoms with Crippen LogP contribution in [0.5, 0.6) is 0 Å². The Morgan fingerprint density at radius 1 is 1.67 bits per heavy atom. The maximum Gasteiger partial charge on any atom is 0.113 e. The largest absolute Gasteiger partial charge is 0.346 e. The van der Waals surface area contributed by atoms with Crippen molar-refractivity contribution in [2.75, 3.05) is 6.54 Å². The van der Waals surface area contributed by atoms with Crippen LogP contribution in [0.1, 0.15) is 30.8 Å². The monoisotopic (exact) mass is 165 g/mol. The summed E-state index contributed by atoms with van der Waals surface area (Å²) in [5.74, 6) is 1.09. The Morgan fingerprint density at radius 3 is 2.75 bits per heavy atom. The molecular formula is C9H15N3. The Bertz CT molecular complexity index is 268. The van der Waals surface area contributed by atoms with E-state index in [1.54, 1.807) is 0 Å². The normalized spacial score (nSPS) is 20.5. The number of imidazole rings is 1. The molecule has 1 saturated carbocycles. The number of aromatic nitrogens is 2. The zero-order valence-electron chi connectivity index (χ0n) is 7.43. The molecule has 0 unspecified atom stereocenters. The summed E-state index contributed by atoms with van der Waals surface area (Å²) in [6.07, 6.45) is 5.55. The van der Waals surface area contributed by atoms with Gasteiger partial charge in [-0.05, 0) is 19.8 Å². The van der Waals surface area contributed by atoms with Crippen molar-refractivity contribution in [3.8, 4) is 0 Å². The third kappa shape index (κ3) is 0.966. The van der Waals surface area contributed by atoms with Crippen LogP contribution in [-0.4, -0.2) is 16.5 Å². The second-order valence-corrected chi connectivity index (χ2v) is 3.75. The molecular weight excluding hydrogens is 150 g/mol. The lowest BCUT2D eigenvalue weighted by Gasteiger charge is -2.38. The maximum absolute atomic E-state index is 5.75. The van der Waals surface area contributed by atoms with Crippen LogP contribution in [0.4, 0.5) is 0 Å². The molecule has 1 fully saturated rings. The van der Waals surface area contributed by atoms with Gasteiger partial charge in [0, 0.05) is 23.9 Å². The third-order valence-electron chi connectivity index (χ3n) is 2.91. The van der Waals surface area contributed by atoms with Gasteiger partial charge < -0.3 is 10.7 Å². The van der Waals surface area contributed by atoms with Crippen molar-refractivity contribution in [1.29, 1.82) is 0 Å². The van der Waals surface area contributed by atoms with Gasteiger partial charge >= 0.3 is 0 Å². The predicted molar refractivity (Wildman–Crippen MR) is 47.9 cm³/mol. The van der Waals surface area contributed by atoms with Gasteiger partial charge in [-0.3, -0.25) is 0 Å². The Morgan fingerprint density at radius 2 is 2.42 bits per heavy atom. The fourth-order valence-corrected chi connectivity index (χ4v) is 1.82. The minimum Gasteiger partial charge on any atom is -0.346 e. The topological polar surface area (TPSA) is 54.7 Å². The number of aryl methyl sites for hydroxylation is 1. The first-order valence-electron chi connectivity index (χ1n) is 4.49. The van der Waals surface area contributed by atoms with E-state index < -0.39 is 0 Å². The lowest BCUT2D eigenvalue weighted by Crippen LogP contribution is -2.42. The molecule has 0 aliphatic heterocycles. The summed E-state index contributed by atoms with van der Waals surface area (Å²) in [5, 5.41) is 0. The van der Waals surface area contributed by atoms with Gasteiger partial charge in [-0.15, -0.1) is 0 Å². The maximum atomic E-state index is 5.75. The molecule has 12 heavy (non-hydrogen) atoms. The molecule has 1 aliphatic carbocycles. The molecule has 3 N–H and O–H groups in total. The van der Waals surface area contributed by atoms with E-state index in [1.165, 1.54) is 19.3 Å². The number of hydrogen-bond donors (Lipinski definition) is 2. The zero-order valence-corrected chi connectivity index (χ0v) is 7.43. The summed E-state index contributed by atoms with van der Waals surface area (Å²) in [5.41, 5.74) is 7.07. The van der Waals surface area contributed by atoms with E-state index in [2.05, 4.69) is 9.97 Å². The minimum absolute atomic E-state index is 0.189. The predicted octanol–water partition coefficient (Wildman–Crippen LogP) is 1.10. The summed E-state index contributed by atoms with van der Waals surface area (Å²) >= 11 is 0. The molecule has 0 atom stereocenters. The van der Waals surface area contributed by atoms with E-state index >= 15 is 0 Å². The highest BCUT2D eigenvalue weighted by atomic mass is 14.9. The molecule has 1 aromatic heterocycles. The Kier molecular flexibility index (Phi) is 1.68. The number of rotatable bonds is 2. The first-order chi connectivity index (χ1) is 5.77. The smallest absolute Gasteiger partial charge is 0.113 e. The molecule has 0 spiro atoms. The van der Waals surface area contributed by atoms with Crippen molar-refractivity contribution in [2.45, 2.75) is 31.6 Å². The van der Waals surface area contributed by atoms with Gasteiger partial charge in [-0.25, -0.2) is 4.98 Å². The summed E-state index contributed by atoms with van der Waals surface area (Å²) in [6.45, 7) is 2.75. The van der Waals surface area contributed by atoms with E-state index in [9.17, 15) is 0 Å². The fourth-order valence-electron chi connectivity index (χ4n) is 1.82. The van der Waals surface area contributed by atoms with Gasteiger partial charge in [-0.1, -0.05) is 6.42 Å². The van der Waals surface area contributed by atoms with E-state index in [4.69, 9.17) is 5.73 Å². The average molecular weight is 165 g/mol. The molecule has 3 heteroatoms. The van der Waals surface area contributed by atoms with E-state index in [0.717, 1.165) is 18.1 Å². The molecule has 0 amide bonds. The third-order valence-corrected chi connectivity index (χ3v) is 2.91. The van der Waals surface area contributed by atoms with Gasteiger partial charge in [-0.2, -0.15) is 0 Å². The Hall–Kier alpha value is -0.830. The minimum atomic E-state index is 0.189. The number of aromatic amines is 1. The molecule has 0 saturated heterocycles. The quantitative estimate of drug-likeness (QED) is 0.689. The van der Waals surface area contributed by atoms with Crippen LogP contribution < -0.4 is 5.73 Å². The van der Waals surface area contributed by atoms with Gasteiger partial charge in [0.05, 0.1) is 0 Å². The van der Waals surface area contributed by atoms with Crippen molar-refractivity contribution in [1.82, 2.24) is 9.97 Å². The standard InChI is InChI=1S/C9H15N3/c1-7-5-11-8(12-7)9(6-10)3-2-4-9/h5H,2-4,6,10H2,1H3,(H,11,12). The van der Waals surface area contributed by atoms with Gasteiger partial charge in [0.15, 0.2) is 0 Å². The van der Waals surface area contributed by atoms with Crippen molar-refractivity contribution in [2.24, 2.45) is 5.73 Å². The summed E-state index contributed by atoms with van der Waals surface area (Å²) in [4.78, 5) is 7.62. The van der Waals surface area contributed by atoms with Crippen molar-refractivity contribution >= 4 is 0 Å². The first kappa shape index (κ1) is 7.80. The van der Waals surface area contributed by atoms with Gasteiger partial charge in [0.25, 0.3) is 0 Å².